The lowest BCUT2D eigenvalue weighted by Gasteiger charge is -2.34. The number of halogens is 1. The SMILES string of the molecule is C=C(Cc1cccc(OC)c1)N=C(SC)N1CCN(C)CC1.C=O.C=O.Cc1ccc(Br)cc1. The number of carbonyl (C=O) groups is 2. The fraction of sp³-hybridized carbons (Fsp3) is 0.346. The molecule has 2 aromatic rings. The van der Waals surface area contributed by atoms with Crippen LogP contribution in [0.4, 0.5) is 0 Å². The number of hydrogen-bond donors (Lipinski definition) is 0. The average molecular weight is 551 g/mol. The maximum absolute atomic E-state index is 8.00. The average Bonchev–Trinajstić information content (AvgIpc) is 2.88. The molecule has 3 rings (SSSR count). The second kappa shape index (κ2) is 18.9. The van der Waals surface area contributed by atoms with Crippen LogP contribution in [-0.2, 0) is 16.0 Å². The van der Waals surface area contributed by atoms with E-state index in [0.717, 1.165) is 53.7 Å². The zero-order chi connectivity index (χ0) is 25.9. The van der Waals surface area contributed by atoms with Gasteiger partial charge in [0.25, 0.3) is 0 Å². The molecular weight excluding hydrogens is 514 g/mol. The van der Waals surface area contributed by atoms with Crippen LogP contribution in [0.3, 0.4) is 0 Å². The van der Waals surface area contributed by atoms with Gasteiger partial charge in [-0.3, -0.25) is 0 Å². The highest BCUT2D eigenvalue weighted by Gasteiger charge is 2.17. The van der Waals surface area contributed by atoms with Gasteiger partial charge in [-0.1, -0.05) is 64.1 Å². The molecule has 0 spiro atoms. The quantitative estimate of drug-likeness (QED) is 0.390. The van der Waals surface area contributed by atoms with Crippen LogP contribution in [0.2, 0.25) is 0 Å². The van der Waals surface area contributed by atoms with Gasteiger partial charge in [-0.2, -0.15) is 0 Å². The van der Waals surface area contributed by atoms with Gasteiger partial charge in [0.15, 0.2) is 5.17 Å². The number of rotatable bonds is 4. The predicted octanol–water partition coefficient (Wildman–Crippen LogP) is 5.11. The van der Waals surface area contributed by atoms with E-state index in [4.69, 9.17) is 19.3 Å². The number of carbonyl (C=O) groups excluding carboxylic acids is 2. The van der Waals surface area contributed by atoms with Crippen LogP contribution in [0.5, 0.6) is 5.75 Å². The van der Waals surface area contributed by atoms with Crippen LogP contribution in [0.1, 0.15) is 11.1 Å². The smallest absolute Gasteiger partial charge is 0.163 e. The van der Waals surface area contributed by atoms with Crippen LogP contribution in [0.15, 0.2) is 70.3 Å². The first-order valence-electron chi connectivity index (χ1n) is 10.6. The first kappa shape index (κ1) is 31.6. The third-order valence-corrected chi connectivity index (χ3v) is 6.01. The molecule has 0 N–H and O–H groups in total. The molecule has 6 nitrogen and oxygen atoms in total. The fourth-order valence-corrected chi connectivity index (χ4v) is 3.89. The Bertz CT molecular complexity index is 847. The van der Waals surface area contributed by atoms with E-state index in [-0.39, 0.29) is 0 Å². The lowest BCUT2D eigenvalue weighted by molar-refractivity contribution is -0.0987. The first-order valence-corrected chi connectivity index (χ1v) is 12.6. The molecule has 1 heterocycles. The van der Waals surface area contributed by atoms with Gasteiger partial charge >= 0.3 is 0 Å². The summed E-state index contributed by atoms with van der Waals surface area (Å²) >= 11 is 5.04. The Hall–Kier alpha value is -2.42. The minimum Gasteiger partial charge on any atom is -0.497 e. The minimum absolute atomic E-state index is 0.745. The van der Waals surface area contributed by atoms with Crippen LogP contribution in [0, 0.1) is 6.92 Å². The van der Waals surface area contributed by atoms with Crippen LogP contribution in [-0.4, -0.2) is 75.1 Å². The third kappa shape index (κ3) is 12.7. The molecule has 0 amide bonds. The van der Waals surface area contributed by atoms with E-state index in [1.165, 1.54) is 11.1 Å². The lowest BCUT2D eigenvalue weighted by Crippen LogP contribution is -2.46. The van der Waals surface area contributed by atoms with E-state index in [1.807, 2.05) is 43.9 Å². The van der Waals surface area contributed by atoms with E-state index in [1.54, 1.807) is 18.9 Å². The number of piperazine rings is 1. The van der Waals surface area contributed by atoms with Crippen molar-refractivity contribution in [2.24, 2.45) is 4.99 Å². The summed E-state index contributed by atoms with van der Waals surface area (Å²) < 4.78 is 6.40. The highest BCUT2D eigenvalue weighted by atomic mass is 79.9. The molecule has 0 radical (unpaired) electrons. The third-order valence-electron chi connectivity index (χ3n) is 4.76. The summed E-state index contributed by atoms with van der Waals surface area (Å²) in [5.41, 5.74) is 3.36. The summed E-state index contributed by atoms with van der Waals surface area (Å²) in [4.78, 5) is 25.4. The molecule has 1 aliphatic heterocycles. The Morgan fingerprint density at radius 1 is 1.06 bits per heavy atom. The molecular formula is C26H36BrN3O3S. The minimum atomic E-state index is 0.745. The van der Waals surface area contributed by atoms with Crippen LogP contribution in [0.25, 0.3) is 0 Å². The molecule has 2 aromatic carbocycles. The Morgan fingerprint density at radius 2 is 1.65 bits per heavy atom. The largest absolute Gasteiger partial charge is 0.497 e. The number of allylic oxidation sites excluding steroid dienone is 1. The summed E-state index contributed by atoms with van der Waals surface area (Å²) in [5, 5.41) is 1.07. The highest BCUT2D eigenvalue weighted by Crippen LogP contribution is 2.17. The molecule has 8 heteroatoms. The normalized spacial score (nSPS) is 13.2. The lowest BCUT2D eigenvalue weighted by atomic mass is 10.1. The predicted molar refractivity (Wildman–Crippen MR) is 149 cm³/mol. The van der Waals surface area contributed by atoms with Crippen molar-refractivity contribution in [2.75, 3.05) is 46.6 Å². The van der Waals surface area contributed by atoms with E-state index >= 15 is 0 Å². The highest BCUT2D eigenvalue weighted by molar-refractivity contribution is 9.10. The molecule has 1 aliphatic rings. The number of aryl methyl sites for hydroxylation is 1. The zero-order valence-electron chi connectivity index (χ0n) is 20.6. The van der Waals surface area contributed by atoms with Crippen molar-refractivity contribution in [3.8, 4) is 5.75 Å². The van der Waals surface area contributed by atoms with Crippen molar-refractivity contribution >= 4 is 46.4 Å². The number of nitrogens with zero attached hydrogens (tertiary/aromatic N) is 3. The Morgan fingerprint density at radius 3 is 2.15 bits per heavy atom. The molecule has 0 aliphatic carbocycles. The van der Waals surface area contributed by atoms with E-state index < -0.39 is 0 Å². The summed E-state index contributed by atoms with van der Waals surface area (Å²) in [6, 6.07) is 16.3. The molecule has 0 bridgehead atoms. The first-order chi connectivity index (χ1) is 16.4. The van der Waals surface area contributed by atoms with E-state index in [9.17, 15) is 0 Å². The van der Waals surface area contributed by atoms with Crippen LogP contribution >= 0.6 is 27.7 Å². The summed E-state index contributed by atoms with van der Waals surface area (Å²) in [6.45, 7) is 14.4. The van der Waals surface area contributed by atoms with Gasteiger partial charge in [-0.25, -0.2) is 4.99 Å². The maximum atomic E-state index is 8.00. The van der Waals surface area contributed by atoms with Crippen molar-refractivity contribution in [3.63, 3.8) is 0 Å². The second-order valence-electron chi connectivity index (χ2n) is 7.28. The molecule has 0 aromatic heterocycles. The van der Waals surface area contributed by atoms with Crippen molar-refractivity contribution in [1.82, 2.24) is 9.80 Å². The van der Waals surface area contributed by atoms with Gasteiger partial charge in [0.05, 0.1) is 7.11 Å². The van der Waals surface area contributed by atoms with Crippen molar-refractivity contribution in [2.45, 2.75) is 13.3 Å². The number of likely N-dealkylation sites (N-methyl/N-ethyl adjacent to an activating group) is 1. The van der Waals surface area contributed by atoms with Crippen molar-refractivity contribution in [1.29, 1.82) is 0 Å². The Balaban J connectivity index is 0.000000755. The Labute approximate surface area is 217 Å². The molecule has 1 fully saturated rings. The van der Waals surface area contributed by atoms with Crippen LogP contribution < -0.4 is 4.74 Å². The fourth-order valence-electron chi connectivity index (χ4n) is 2.97. The van der Waals surface area contributed by atoms with E-state index in [2.05, 4.69) is 70.7 Å². The standard InChI is InChI=1S/C17H25N3OS.C7H7Br.2CH2O/c1-14(12-15-6-5-7-16(13-15)21-3)18-17(22-4)20-10-8-19(2)9-11-20;1-6-2-4-7(8)5-3-6;2*1-2/h5-7,13H,1,8-12H2,2-4H3;2-5H,1H3;2*1H2. The number of methoxy groups -OCH3 is 1. The zero-order valence-corrected chi connectivity index (χ0v) is 23.0. The monoisotopic (exact) mass is 549 g/mol. The summed E-state index contributed by atoms with van der Waals surface area (Å²) in [5.74, 6) is 0.874. The number of hydrogen-bond acceptors (Lipinski definition) is 6. The van der Waals surface area contributed by atoms with Gasteiger partial charge in [0, 0.05) is 42.8 Å². The number of benzene rings is 2. The van der Waals surface area contributed by atoms with Gasteiger partial charge in [0.1, 0.15) is 19.3 Å². The molecule has 34 heavy (non-hydrogen) atoms. The molecule has 1 saturated heterocycles. The van der Waals surface area contributed by atoms with Gasteiger partial charge in [-0.05, 0) is 50.1 Å². The van der Waals surface area contributed by atoms with E-state index in [0.29, 0.717) is 0 Å². The molecule has 0 saturated carbocycles. The summed E-state index contributed by atoms with van der Waals surface area (Å²) in [7, 11) is 3.85. The number of thioether (sulfide) groups is 1. The number of ether oxygens (including phenoxy) is 1. The van der Waals surface area contributed by atoms with Crippen molar-refractivity contribution in [3.05, 3.63) is 76.4 Å². The maximum Gasteiger partial charge on any atom is 0.163 e. The molecule has 186 valence electrons. The van der Waals surface area contributed by atoms with Gasteiger partial charge in [-0.15, -0.1) is 0 Å². The number of amidine groups is 1. The number of aliphatic imine (C=N–C) groups is 1. The second-order valence-corrected chi connectivity index (χ2v) is 8.97. The molecule has 0 atom stereocenters. The topological polar surface area (TPSA) is 62.2 Å². The van der Waals surface area contributed by atoms with Crippen molar-refractivity contribution < 1.29 is 14.3 Å². The Kier molecular flexibility index (Phi) is 17.6. The summed E-state index contributed by atoms with van der Waals surface area (Å²) in [6.07, 6.45) is 2.82. The molecule has 0 unspecified atom stereocenters. The van der Waals surface area contributed by atoms with Gasteiger partial charge in [0.2, 0.25) is 0 Å². The van der Waals surface area contributed by atoms with Gasteiger partial charge < -0.3 is 24.1 Å².